The highest BCUT2D eigenvalue weighted by Gasteiger charge is 2.69. The van der Waals surface area contributed by atoms with Crippen LogP contribution in [0.1, 0.15) is 92.4 Å². The van der Waals surface area contributed by atoms with Gasteiger partial charge >= 0.3 is 0 Å². The second kappa shape index (κ2) is 17.5. The molecule has 27 atom stereocenters. The molecule has 0 amide bonds. The molecule has 9 aliphatic rings. The van der Waals surface area contributed by atoms with Gasteiger partial charge in [-0.1, -0.05) is 39.3 Å². The van der Waals surface area contributed by atoms with Crippen molar-refractivity contribution in [2.45, 2.75) is 209 Å². The number of hydrogen-bond acceptors (Lipinski definition) is 18. The molecule has 0 radical (unpaired) electrons. The van der Waals surface area contributed by atoms with Crippen molar-refractivity contribution in [1.29, 1.82) is 0 Å². The summed E-state index contributed by atoms with van der Waals surface area (Å²) < 4.78 is 49.5. The van der Waals surface area contributed by atoms with Gasteiger partial charge in [-0.25, -0.2) is 0 Å². The molecule has 4 aliphatic carbocycles. The topological polar surface area (TPSA) is 276 Å². The minimum Gasteiger partial charge on any atom is -0.394 e. The summed E-state index contributed by atoms with van der Waals surface area (Å²) in [5.74, 6) is 1.34. The van der Waals surface area contributed by atoms with E-state index in [1.54, 1.807) is 0 Å². The van der Waals surface area contributed by atoms with Gasteiger partial charge in [-0.3, -0.25) is 0 Å². The van der Waals surface area contributed by atoms with Crippen molar-refractivity contribution in [3.05, 3.63) is 11.6 Å². The number of fused-ring (bicyclic) bond motifs is 7. The Hall–Kier alpha value is -0.980. The van der Waals surface area contributed by atoms with Gasteiger partial charge in [0.1, 0.15) is 67.1 Å². The first-order valence-electron chi connectivity index (χ1n) is 23.5. The number of aliphatic hydroxyl groups is 10. The summed E-state index contributed by atoms with van der Waals surface area (Å²) in [4.78, 5) is 0. The van der Waals surface area contributed by atoms with Gasteiger partial charge < -0.3 is 89.0 Å². The lowest BCUT2D eigenvalue weighted by Gasteiger charge is -2.59. The van der Waals surface area contributed by atoms with E-state index >= 15 is 0 Å². The fourth-order valence-electron chi connectivity index (χ4n) is 14.1. The van der Waals surface area contributed by atoms with E-state index in [1.165, 1.54) is 12.5 Å². The standard InChI is InChI=1S/C45H72O18/c1-18-8-13-45(63-39(18)55)19(2)29-26(62-45)15-25-23-7-6-21-14-22(9-11-43(21,4)24(23)10-12-44(25,29)5)57-42-38(61-40-34(52)32(50)30(48)20(3)56-40)36(54)37(28(17-47)59-42)60-41-35(53)33(51)31(49)27(16-46)58-41/h6,18-20,22-42,46-55H,7-17H2,1-5H3. The highest BCUT2D eigenvalue weighted by molar-refractivity contribution is 5.26. The second-order valence-corrected chi connectivity index (χ2v) is 21.1. The summed E-state index contributed by atoms with van der Waals surface area (Å²) >= 11 is 0. The molecule has 360 valence electrons. The zero-order valence-corrected chi connectivity index (χ0v) is 37.0. The minimum absolute atomic E-state index is 0.0732. The number of allylic oxidation sites excluding steroid dienone is 1. The van der Waals surface area contributed by atoms with Gasteiger partial charge in [0.05, 0.1) is 31.5 Å². The molecule has 63 heavy (non-hydrogen) atoms. The van der Waals surface area contributed by atoms with Gasteiger partial charge in [-0.05, 0) is 92.8 Å². The Bertz CT molecular complexity index is 1650. The first-order valence-corrected chi connectivity index (χ1v) is 23.5. The SMILES string of the molecule is CC1CCC2(OC1O)OC1CC3C4CC=C5CC(OC6OC(CO)C(OC7OC(CO)C(O)C(O)C7O)C(O)C6OC6OC(C)C(O)C(O)C6O)CCC5(C)C4CCC3(C)C1C2C. The van der Waals surface area contributed by atoms with Gasteiger partial charge in [-0.15, -0.1) is 0 Å². The molecule has 0 bridgehead atoms. The molecule has 27 unspecified atom stereocenters. The molecule has 3 saturated carbocycles. The van der Waals surface area contributed by atoms with Crippen molar-refractivity contribution in [3.8, 4) is 0 Å². The average Bonchev–Trinajstić information content (AvgIpc) is 3.70. The van der Waals surface area contributed by atoms with E-state index in [0.29, 0.717) is 36.5 Å². The Labute approximate surface area is 368 Å². The predicted octanol–water partition coefficient (Wildman–Crippen LogP) is -0.467. The third-order valence-electron chi connectivity index (χ3n) is 17.8. The molecule has 5 aliphatic heterocycles. The Morgan fingerprint density at radius 3 is 2.02 bits per heavy atom. The predicted molar refractivity (Wildman–Crippen MR) is 215 cm³/mol. The van der Waals surface area contributed by atoms with Crippen LogP contribution in [0.2, 0.25) is 0 Å². The molecule has 5 saturated heterocycles. The van der Waals surface area contributed by atoms with Crippen LogP contribution in [0.5, 0.6) is 0 Å². The monoisotopic (exact) mass is 900 g/mol. The van der Waals surface area contributed by atoms with Crippen LogP contribution in [-0.2, 0) is 37.9 Å². The lowest BCUT2D eigenvalue weighted by molar-refractivity contribution is -0.389. The number of ether oxygens (including phenoxy) is 8. The van der Waals surface area contributed by atoms with Gasteiger partial charge in [0.15, 0.2) is 30.9 Å². The van der Waals surface area contributed by atoms with Crippen LogP contribution in [-0.4, -0.2) is 181 Å². The Morgan fingerprint density at radius 1 is 0.651 bits per heavy atom. The summed E-state index contributed by atoms with van der Waals surface area (Å²) in [5.41, 5.74) is 1.32. The molecule has 18 nitrogen and oxygen atoms in total. The summed E-state index contributed by atoms with van der Waals surface area (Å²) in [5, 5.41) is 106. The van der Waals surface area contributed by atoms with E-state index in [9.17, 15) is 51.1 Å². The molecule has 5 heterocycles. The van der Waals surface area contributed by atoms with Crippen molar-refractivity contribution in [2.24, 2.45) is 46.3 Å². The van der Waals surface area contributed by atoms with Crippen LogP contribution < -0.4 is 0 Å². The van der Waals surface area contributed by atoms with Crippen LogP contribution in [0.15, 0.2) is 11.6 Å². The third-order valence-corrected chi connectivity index (χ3v) is 17.8. The van der Waals surface area contributed by atoms with E-state index in [-0.39, 0.29) is 28.8 Å². The van der Waals surface area contributed by atoms with Gasteiger partial charge in [0.2, 0.25) is 0 Å². The molecule has 1 spiro atoms. The molecular formula is C45H72O18. The number of hydrogen-bond donors (Lipinski definition) is 10. The quantitative estimate of drug-likeness (QED) is 0.138. The van der Waals surface area contributed by atoms with Crippen LogP contribution in [0.3, 0.4) is 0 Å². The highest BCUT2D eigenvalue weighted by Crippen LogP contribution is 2.71. The largest absolute Gasteiger partial charge is 0.394 e. The molecule has 10 N–H and O–H groups in total. The molecule has 0 aromatic rings. The van der Waals surface area contributed by atoms with E-state index in [2.05, 4.69) is 26.8 Å². The van der Waals surface area contributed by atoms with Crippen molar-refractivity contribution in [2.75, 3.05) is 13.2 Å². The lowest BCUT2D eigenvalue weighted by atomic mass is 9.47. The van der Waals surface area contributed by atoms with E-state index < -0.39 is 124 Å². The summed E-state index contributed by atoms with van der Waals surface area (Å²) in [6.07, 6.45) is -14.0. The summed E-state index contributed by atoms with van der Waals surface area (Å²) in [7, 11) is 0. The van der Waals surface area contributed by atoms with E-state index in [0.717, 1.165) is 44.9 Å². The summed E-state index contributed by atoms with van der Waals surface area (Å²) in [6.45, 7) is 9.22. The number of aliphatic hydroxyl groups excluding tert-OH is 10. The first-order chi connectivity index (χ1) is 29.8. The van der Waals surface area contributed by atoms with Crippen molar-refractivity contribution >= 4 is 0 Å². The zero-order chi connectivity index (χ0) is 45.1. The first kappa shape index (κ1) is 47.1. The average molecular weight is 901 g/mol. The van der Waals surface area contributed by atoms with Crippen molar-refractivity contribution in [1.82, 2.24) is 0 Å². The maximum absolute atomic E-state index is 12.0. The summed E-state index contributed by atoms with van der Waals surface area (Å²) in [6, 6.07) is 0. The van der Waals surface area contributed by atoms with Crippen LogP contribution >= 0.6 is 0 Å². The second-order valence-electron chi connectivity index (χ2n) is 21.1. The smallest absolute Gasteiger partial charge is 0.187 e. The molecule has 18 heteroatoms. The Balaban J connectivity index is 0.917. The fraction of sp³-hybridized carbons (Fsp3) is 0.956. The zero-order valence-electron chi connectivity index (χ0n) is 37.0. The van der Waals surface area contributed by atoms with Crippen molar-refractivity contribution in [3.63, 3.8) is 0 Å². The molecule has 0 aromatic carbocycles. The Kier molecular flexibility index (Phi) is 13.1. The third kappa shape index (κ3) is 7.71. The maximum Gasteiger partial charge on any atom is 0.187 e. The van der Waals surface area contributed by atoms with E-state index in [4.69, 9.17) is 37.9 Å². The van der Waals surface area contributed by atoms with Crippen LogP contribution in [0, 0.1) is 46.3 Å². The fourth-order valence-corrected chi connectivity index (χ4v) is 14.1. The molecule has 8 fully saturated rings. The van der Waals surface area contributed by atoms with Gasteiger partial charge in [-0.2, -0.15) is 0 Å². The van der Waals surface area contributed by atoms with Crippen LogP contribution in [0.25, 0.3) is 0 Å². The lowest BCUT2D eigenvalue weighted by Crippen LogP contribution is -2.67. The highest BCUT2D eigenvalue weighted by atomic mass is 16.8. The molecule has 0 aromatic heterocycles. The molecule has 9 rings (SSSR count). The van der Waals surface area contributed by atoms with Crippen molar-refractivity contribution < 1.29 is 89.0 Å². The van der Waals surface area contributed by atoms with Gasteiger partial charge in [0.25, 0.3) is 0 Å². The number of rotatable bonds is 8. The normalized spacial score (nSPS) is 58.1. The minimum atomic E-state index is -1.83. The van der Waals surface area contributed by atoms with E-state index in [1.807, 2.05) is 6.92 Å². The Morgan fingerprint density at radius 2 is 1.32 bits per heavy atom. The van der Waals surface area contributed by atoms with Gasteiger partial charge in [0, 0.05) is 18.3 Å². The molecular weight excluding hydrogens is 828 g/mol. The maximum atomic E-state index is 12.0. The van der Waals surface area contributed by atoms with Crippen LogP contribution in [0.4, 0.5) is 0 Å².